The highest BCUT2D eigenvalue weighted by molar-refractivity contribution is 5.96. The molecule has 4 amide bonds. The zero-order valence-corrected chi connectivity index (χ0v) is 21.8. The molecule has 1 aliphatic rings. The molecule has 0 unspecified atom stereocenters. The summed E-state index contributed by atoms with van der Waals surface area (Å²) in [6.45, 7) is 3.02. The number of carboxylic acid groups (broad SMARTS) is 2. The third kappa shape index (κ3) is 8.95. The van der Waals surface area contributed by atoms with Crippen molar-refractivity contribution in [1.82, 2.24) is 20.9 Å². The molecule has 14 nitrogen and oxygen atoms in total. The fraction of sp³-hybridized carbons (Fsp3) is 0.520. The number of hydrogen-bond donors (Lipinski definition) is 7. The number of carbonyl (C=O) groups is 6. The molecule has 4 atom stereocenters. The third-order valence-corrected chi connectivity index (χ3v) is 6.28. The maximum atomic E-state index is 13.5. The molecule has 2 rings (SSSR count). The maximum Gasteiger partial charge on any atom is 0.326 e. The van der Waals surface area contributed by atoms with Crippen molar-refractivity contribution < 1.29 is 44.1 Å². The number of nitrogens with two attached hydrogens (primary N) is 1. The van der Waals surface area contributed by atoms with Crippen molar-refractivity contribution in [2.24, 2.45) is 11.7 Å². The molecule has 14 heteroatoms. The molecule has 214 valence electrons. The standard InChI is InChI=1S/C25H35N5O9/c1-13(2)21(29-22(35)16(11-20(33)34)27-19(32)12-26)24(37)30-9-3-4-18(30)23(36)28-17(25(38)39)10-14-5-7-15(31)8-6-14/h5-8,13,16-18,21,31H,3-4,9-12,26H2,1-2H3,(H,27,32)(H,28,36)(H,29,35)(H,33,34)(H,38,39)/t16-,17-,18-,21-/m0/s1. The number of phenolic OH excluding ortho intramolecular Hbond substituents is 1. The lowest BCUT2D eigenvalue weighted by Crippen LogP contribution is -2.59. The molecule has 1 aromatic rings. The molecular formula is C25H35N5O9. The molecule has 0 aliphatic carbocycles. The summed E-state index contributed by atoms with van der Waals surface area (Å²) in [5.74, 6) is -5.99. The minimum absolute atomic E-state index is 0.0117. The van der Waals surface area contributed by atoms with E-state index < -0.39 is 78.6 Å². The van der Waals surface area contributed by atoms with E-state index in [9.17, 15) is 39.0 Å². The van der Waals surface area contributed by atoms with Crippen molar-refractivity contribution in [3.8, 4) is 5.75 Å². The van der Waals surface area contributed by atoms with Crippen molar-refractivity contribution in [3.05, 3.63) is 29.8 Å². The number of nitrogens with one attached hydrogen (secondary N) is 3. The minimum Gasteiger partial charge on any atom is -0.508 e. The Morgan fingerprint density at radius 1 is 1.00 bits per heavy atom. The van der Waals surface area contributed by atoms with Crippen LogP contribution in [0.4, 0.5) is 0 Å². The highest BCUT2D eigenvalue weighted by atomic mass is 16.4. The van der Waals surface area contributed by atoms with Crippen molar-refractivity contribution in [1.29, 1.82) is 0 Å². The van der Waals surface area contributed by atoms with Crippen molar-refractivity contribution >= 4 is 35.6 Å². The van der Waals surface area contributed by atoms with Crippen LogP contribution in [0.1, 0.15) is 38.7 Å². The number of amides is 4. The van der Waals surface area contributed by atoms with Crippen LogP contribution in [0.15, 0.2) is 24.3 Å². The quantitative estimate of drug-likeness (QED) is 0.151. The van der Waals surface area contributed by atoms with Gasteiger partial charge in [0.05, 0.1) is 13.0 Å². The fourth-order valence-corrected chi connectivity index (χ4v) is 4.22. The molecule has 8 N–H and O–H groups in total. The van der Waals surface area contributed by atoms with Crippen LogP contribution in [0.3, 0.4) is 0 Å². The van der Waals surface area contributed by atoms with Gasteiger partial charge in [-0.3, -0.25) is 24.0 Å². The van der Waals surface area contributed by atoms with Crippen LogP contribution in [0.2, 0.25) is 0 Å². The number of carboxylic acids is 2. The average molecular weight is 550 g/mol. The van der Waals surface area contributed by atoms with E-state index in [1.54, 1.807) is 13.8 Å². The second kappa shape index (κ2) is 14.1. The lowest BCUT2D eigenvalue weighted by atomic mass is 10.0. The van der Waals surface area contributed by atoms with Crippen LogP contribution < -0.4 is 21.7 Å². The van der Waals surface area contributed by atoms with Gasteiger partial charge in [0.15, 0.2) is 0 Å². The molecule has 1 heterocycles. The third-order valence-electron chi connectivity index (χ3n) is 6.28. The van der Waals surface area contributed by atoms with E-state index in [1.165, 1.54) is 29.2 Å². The SMILES string of the molecule is CC(C)[C@H](NC(=O)[C@H](CC(=O)O)NC(=O)CN)C(=O)N1CCC[C@H]1C(=O)N[C@@H](Cc1ccc(O)cc1)C(=O)O. The second-order valence-electron chi connectivity index (χ2n) is 9.61. The zero-order chi connectivity index (χ0) is 29.3. The van der Waals surface area contributed by atoms with E-state index in [1.807, 2.05) is 0 Å². The molecular weight excluding hydrogens is 514 g/mol. The van der Waals surface area contributed by atoms with Gasteiger partial charge in [-0.15, -0.1) is 0 Å². The van der Waals surface area contributed by atoms with Gasteiger partial charge < -0.3 is 41.9 Å². The van der Waals surface area contributed by atoms with Gasteiger partial charge in [0, 0.05) is 13.0 Å². The van der Waals surface area contributed by atoms with Crippen LogP contribution in [0.25, 0.3) is 0 Å². The monoisotopic (exact) mass is 549 g/mol. The number of nitrogens with zero attached hydrogens (tertiary/aromatic N) is 1. The highest BCUT2D eigenvalue weighted by Crippen LogP contribution is 2.21. The first-order chi connectivity index (χ1) is 18.3. The van der Waals surface area contributed by atoms with Gasteiger partial charge in [-0.25, -0.2) is 4.79 Å². The number of hydrogen-bond acceptors (Lipinski definition) is 8. The Bertz CT molecular complexity index is 1080. The van der Waals surface area contributed by atoms with Crippen LogP contribution in [-0.2, 0) is 35.2 Å². The van der Waals surface area contributed by atoms with Crippen LogP contribution in [0, 0.1) is 5.92 Å². The second-order valence-corrected chi connectivity index (χ2v) is 9.61. The number of phenols is 1. The van der Waals surface area contributed by atoms with E-state index in [2.05, 4.69) is 16.0 Å². The predicted octanol–water partition coefficient (Wildman–Crippen LogP) is -1.45. The summed E-state index contributed by atoms with van der Waals surface area (Å²) in [4.78, 5) is 75.4. The van der Waals surface area contributed by atoms with Crippen LogP contribution in [0.5, 0.6) is 5.75 Å². The summed E-state index contributed by atoms with van der Waals surface area (Å²) in [7, 11) is 0. The summed E-state index contributed by atoms with van der Waals surface area (Å²) in [5.41, 5.74) is 5.81. The van der Waals surface area contributed by atoms with Crippen molar-refractivity contribution in [2.45, 2.75) is 63.7 Å². The van der Waals surface area contributed by atoms with E-state index >= 15 is 0 Å². The van der Waals surface area contributed by atoms with E-state index in [0.29, 0.717) is 12.0 Å². The van der Waals surface area contributed by atoms with Gasteiger partial charge in [-0.2, -0.15) is 0 Å². The molecule has 1 fully saturated rings. The molecule has 0 bridgehead atoms. The molecule has 1 saturated heterocycles. The number of aromatic hydroxyl groups is 1. The van der Waals surface area contributed by atoms with Crippen LogP contribution >= 0.6 is 0 Å². The number of aliphatic carboxylic acids is 2. The van der Waals surface area contributed by atoms with Crippen LogP contribution in [-0.4, -0.2) is 93.0 Å². The van der Waals surface area contributed by atoms with Gasteiger partial charge in [-0.05, 0) is 36.5 Å². The van der Waals surface area contributed by atoms with Crippen molar-refractivity contribution in [2.75, 3.05) is 13.1 Å². The van der Waals surface area contributed by atoms with Gasteiger partial charge in [-0.1, -0.05) is 26.0 Å². The number of likely N-dealkylation sites (tertiary alicyclic amines) is 1. The molecule has 1 aliphatic heterocycles. The molecule has 39 heavy (non-hydrogen) atoms. The Kier molecular flexibility index (Phi) is 11.2. The first-order valence-corrected chi connectivity index (χ1v) is 12.5. The summed E-state index contributed by atoms with van der Waals surface area (Å²) < 4.78 is 0. The molecule has 0 saturated carbocycles. The smallest absolute Gasteiger partial charge is 0.326 e. The Morgan fingerprint density at radius 2 is 1.64 bits per heavy atom. The molecule has 0 radical (unpaired) electrons. The fourth-order valence-electron chi connectivity index (χ4n) is 4.22. The van der Waals surface area contributed by atoms with Gasteiger partial charge in [0.25, 0.3) is 0 Å². The Labute approximate surface area is 224 Å². The number of benzene rings is 1. The minimum atomic E-state index is -1.47. The zero-order valence-electron chi connectivity index (χ0n) is 21.8. The Hall–Kier alpha value is -4.20. The number of carbonyl (C=O) groups excluding carboxylic acids is 4. The van der Waals surface area contributed by atoms with E-state index in [0.717, 1.165) is 0 Å². The lowest BCUT2D eigenvalue weighted by molar-refractivity contribution is -0.145. The largest absolute Gasteiger partial charge is 0.508 e. The summed E-state index contributed by atoms with van der Waals surface area (Å²) in [5, 5.41) is 35.4. The molecule has 0 aromatic heterocycles. The Morgan fingerprint density at radius 3 is 2.18 bits per heavy atom. The highest BCUT2D eigenvalue weighted by Gasteiger charge is 2.40. The topological polar surface area (TPSA) is 228 Å². The number of rotatable bonds is 13. The summed E-state index contributed by atoms with van der Waals surface area (Å²) in [6.07, 6.45) is -0.0440. The first-order valence-electron chi connectivity index (χ1n) is 12.5. The average Bonchev–Trinajstić information content (AvgIpc) is 3.36. The normalized spacial score (nSPS) is 17.1. The van der Waals surface area contributed by atoms with E-state index in [-0.39, 0.29) is 25.1 Å². The first kappa shape index (κ1) is 31.0. The van der Waals surface area contributed by atoms with E-state index in [4.69, 9.17) is 10.8 Å². The molecule has 1 aromatic carbocycles. The summed E-state index contributed by atoms with van der Waals surface area (Å²) >= 11 is 0. The van der Waals surface area contributed by atoms with Gasteiger partial charge in [0.2, 0.25) is 23.6 Å². The molecule has 0 spiro atoms. The summed E-state index contributed by atoms with van der Waals surface area (Å²) in [6, 6.07) is 0.975. The van der Waals surface area contributed by atoms with Gasteiger partial charge >= 0.3 is 11.9 Å². The Balaban J connectivity index is 2.15. The van der Waals surface area contributed by atoms with Gasteiger partial charge in [0.1, 0.15) is 29.9 Å². The van der Waals surface area contributed by atoms with Crippen molar-refractivity contribution in [3.63, 3.8) is 0 Å². The maximum absolute atomic E-state index is 13.5. The predicted molar refractivity (Wildman–Crippen MR) is 136 cm³/mol. The lowest BCUT2D eigenvalue weighted by Gasteiger charge is -2.31.